The van der Waals surface area contributed by atoms with Crippen LogP contribution in [0.3, 0.4) is 0 Å². The molecule has 0 aliphatic carbocycles. The first kappa shape index (κ1) is 16.7. The van der Waals surface area contributed by atoms with Gasteiger partial charge in [0.2, 0.25) is 5.95 Å². The molecule has 2 N–H and O–H groups in total. The minimum atomic E-state index is 0.259. The van der Waals surface area contributed by atoms with Crippen molar-refractivity contribution < 1.29 is 0 Å². The number of aromatic nitrogens is 5. The first-order valence-corrected chi connectivity index (χ1v) is 8.92. The van der Waals surface area contributed by atoms with Crippen molar-refractivity contribution in [2.45, 2.75) is 25.8 Å². The number of hydrogen-bond acceptors (Lipinski definition) is 6. The number of anilines is 1. The van der Waals surface area contributed by atoms with Gasteiger partial charge in [0.25, 0.3) is 0 Å². The molecule has 1 fully saturated rings. The van der Waals surface area contributed by atoms with Crippen LogP contribution in [0.15, 0.2) is 36.5 Å². The Morgan fingerprint density at radius 1 is 1.08 bits per heavy atom. The second-order valence-corrected chi connectivity index (χ2v) is 6.82. The Hall–Kier alpha value is -2.80. The molecule has 7 nitrogen and oxygen atoms in total. The summed E-state index contributed by atoms with van der Waals surface area (Å²) in [6.07, 6.45) is 3.88. The van der Waals surface area contributed by atoms with Crippen molar-refractivity contribution in [3.05, 3.63) is 42.4 Å². The van der Waals surface area contributed by atoms with Crippen LogP contribution in [0.1, 0.15) is 24.7 Å². The van der Waals surface area contributed by atoms with Crippen LogP contribution in [0, 0.1) is 6.92 Å². The number of rotatable bonds is 3. The molecule has 7 heteroatoms. The number of piperidine rings is 1. The molecule has 4 rings (SSSR count). The average Bonchev–Trinajstić information content (AvgIpc) is 3.04. The van der Waals surface area contributed by atoms with Gasteiger partial charge in [-0.05, 0) is 39.9 Å². The topological polar surface area (TPSA) is 85.8 Å². The fourth-order valence-electron chi connectivity index (χ4n) is 3.48. The highest BCUT2D eigenvalue weighted by Crippen LogP contribution is 2.32. The minimum absolute atomic E-state index is 0.259. The van der Waals surface area contributed by atoms with E-state index in [-0.39, 0.29) is 5.95 Å². The summed E-state index contributed by atoms with van der Waals surface area (Å²) in [5, 5.41) is 4.69. The molecule has 1 saturated heterocycles. The normalized spacial score (nSPS) is 16.1. The van der Waals surface area contributed by atoms with Crippen LogP contribution in [-0.4, -0.2) is 49.8 Å². The van der Waals surface area contributed by atoms with E-state index in [1.807, 2.05) is 37.3 Å². The van der Waals surface area contributed by atoms with Gasteiger partial charge in [-0.3, -0.25) is 0 Å². The van der Waals surface area contributed by atoms with Crippen molar-refractivity contribution in [1.82, 2.24) is 29.6 Å². The summed E-state index contributed by atoms with van der Waals surface area (Å²) in [6, 6.07) is 10.3. The Labute approximate surface area is 152 Å². The van der Waals surface area contributed by atoms with Crippen molar-refractivity contribution in [3.63, 3.8) is 0 Å². The van der Waals surface area contributed by atoms with Gasteiger partial charge >= 0.3 is 0 Å². The highest BCUT2D eigenvalue weighted by Gasteiger charge is 2.25. The monoisotopic (exact) mass is 349 g/mol. The van der Waals surface area contributed by atoms with E-state index in [1.54, 1.807) is 6.20 Å². The third-order valence-electron chi connectivity index (χ3n) is 4.87. The molecular weight excluding hydrogens is 326 g/mol. The lowest BCUT2D eigenvalue weighted by Gasteiger charge is -2.29. The Morgan fingerprint density at radius 3 is 2.54 bits per heavy atom. The second-order valence-electron chi connectivity index (χ2n) is 6.82. The van der Waals surface area contributed by atoms with Crippen molar-refractivity contribution in [2.24, 2.45) is 0 Å². The number of nitrogens with two attached hydrogens (primary N) is 1. The Morgan fingerprint density at radius 2 is 1.81 bits per heavy atom. The summed E-state index contributed by atoms with van der Waals surface area (Å²) < 4.78 is 2.06. The molecule has 1 aliphatic rings. The fourth-order valence-corrected chi connectivity index (χ4v) is 3.48. The molecule has 134 valence electrons. The van der Waals surface area contributed by atoms with Crippen LogP contribution in [0.5, 0.6) is 0 Å². The molecule has 3 aromatic rings. The SMILES string of the molecule is Cc1nc(-c2cnc(N)nc2-c2ccccc2)n(C2CCN(C)CC2)n1. The average molecular weight is 349 g/mol. The van der Waals surface area contributed by atoms with Crippen molar-refractivity contribution in [1.29, 1.82) is 0 Å². The largest absolute Gasteiger partial charge is 0.368 e. The lowest BCUT2D eigenvalue weighted by Crippen LogP contribution is -2.32. The van der Waals surface area contributed by atoms with Crippen LogP contribution >= 0.6 is 0 Å². The van der Waals surface area contributed by atoms with E-state index in [0.29, 0.717) is 6.04 Å². The number of nitrogen functional groups attached to an aromatic ring is 1. The summed E-state index contributed by atoms with van der Waals surface area (Å²) in [6.45, 7) is 4.05. The van der Waals surface area contributed by atoms with Crippen LogP contribution in [-0.2, 0) is 0 Å². The molecule has 0 amide bonds. The third kappa shape index (κ3) is 3.17. The number of nitrogens with zero attached hydrogens (tertiary/aromatic N) is 6. The maximum atomic E-state index is 5.87. The lowest BCUT2D eigenvalue weighted by atomic mass is 10.0. The molecule has 2 aromatic heterocycles. The molecule has 3 heterocycles. The summed E-state index contributed by atoms with van der Waals surface area (Å²) >= 11 is 0. The standard InChI is InChI=1S/C19H23N7/c1-13-22-18(26(24-13)15-8-10-25(2)11-9-15)16-12-21-19(20)23-17(16)14-6-4-3-5-7-14/h3-7,12,15H,8-11H2,1-2H3,(H2,20,21,23). The van der Waals surface area contributed by atoms with E-state index >= 15 is 0 Å². The zero-order valence-electron chi connectivity index (χ0n) is 15.1. The van der Waals surface area contributed by atoms with E-state index < -0.39 is 0 Å². The molecule has 0 unspecified atom stereocenters. The van der Waals surface area contributed by atoms with Gasteiger partial charge in [-0.2, -0.15) is 5.10 Å². The van der Waals surface area contributed by atoms with Crippen LogP contribution in [0.2, 0.25) is 0 Å². The van der Waals surface area contributed by atoms with Gasteiger partial charge in [0.05, 0.1) is 17.3 Å². The predicted molar refractivity (Wildman–Crippen MR) is 101 cm³/mol. The van der Waals surface area contributed by atoms with E-state index in [2.05, 4.69) is 26.6 Å². The minimum Gasteiger partial charge on any atom is -0.368 e. The van der Waals surface area contributed by atoms with E-state index in [4.69, 9.17) is 15.8 Å². The quantitative estimate of drug-likeness (QED) is 0.782. The molecule has 1 aromatic carbocycles. The van der Waals surface area contributed by atoms with E-state index in [0.717, 1.165) is 54.4 Å². The fraction of sp³-hybridized carbons (Fsp3) is 0.368. The molecular formula is C19H23N7. The smallest absolute Gasteiger partial charge is 0.220 e. The highest BCUT2D eigenvalue weighted by atomic mass is 15.4. The van der Waals surface area contributed by atoms with E-state index in [9.17, 15) is 0 Å². The summed E-state index contributed by atoms with van der Waals surface area (Å²) in [4.78, 5) is 15.8. The zero-order valence-corrected chi connectivity index (χ0v) is 15.1. The number of hydrogen-bond donors (Lipinski definition) is 1. The Balaban J connectivity index is 1.82. The van der Waals surface area contributed by atoms with Gasteiger partial charge in [0.15, 0.2) is 5.82 Å². The van der Waals surface area contributed by atoms with Crippen molar-refractivity contribution >= 4 is 5.95 Å². The lowest BCUT2D eigenvalue weighted by molar-refractivity contribution is 0.213. The van der Waals surface area contributed by atoms with Crippen LogP contribution in [0.25, 0.3) is 22.6 Å². The predicted octanol–water partition coefficient (Wildman–Crippen LogP) is 2.56. The van der Waals surface area contributed by atoms with Gasteiger partial charge < -0.3 is 10.6 Å². The molecule has 0 bridgehead atoms. The maximum absolute atomic E-state index is 5.87. The number of aryl methyl sites for hydroxylation is 1. The molecule has 0 spiro atoms. The summed E-state index contributed by atoms with van der Waals surface area (Å²) in [5.41, 5.74) is 8.52. The zero-order chi connectivity index (χ0) is 18.1. The van der Waals surface area contributed by atoms with Gasteiger partial charge in [-0.15, -0.1) is 0 Å². The van der Waals surface area contributed by atoms with Crippen molar-refractivity contribution in [2.75, 3.05) is 25.9 Å². The number of likely N-dealkylation sites (tertiary alicyclic amines) is 1. The molecule has 0 radical (unpaired) electrons. The van der Waals surface area contributed by atoms with E-state index in [1.165, 1.54) is 0 Å². The Bertz CT molecular complexity index is 896. The first-order chi connectivity index (χ1) is 12.6. The molecule has 1 aliphatic heterocycles. The van der Waals surface area contributed by atoms with Gasteiger partial charge in [0, 0.05) is 11.8 Å². The van der Waals surface area contributed by atoms with Crippen molar-refractivity contribution in [3.8, 4) is 22.6 Å². The Kier molecular flexibility index (Phi) is 4.38. The maximum Gasteiger partial charge on any atom is 0.220 e. The number of benzene rings is 1. The molecule has 0 atom stereocenters. The first-order valence-electron chi connectivity index (χ1n) is 8.92. The molecule has 0 saturated carbocycles. The van der Waals surface area contributed by atoms with Crippen LogP contribution in [0.4, 0.5) is 5.95 Å². The van der Waals surface area contributed by atoms with Gasteiger partial charge in [-0.25, -0.2) is 19.6 Å². The third-order valence-corrected chi connectivity index (χ3v) is 4.87. The van der Waals surface area contributed by atoms with Crippen LogP contribution < -0.4 is 5.73 Å². The second kappa shape index (κ2) is 6.84. The molecule has 26 heavy (non-hydrogen) atoms. The summed E-state index contributed by atoms with van der Waals surface area (Å²) in [5.74, 6) is 1.83. The summed E-state index contributed by atoms with van der Waals surface area (Å²) in [7, 11) is 2.16. The highest BCUT2D eigenvalue weighted by molar-refractivity contribution is 5.77. The van der Waals surface area contributed by atoms with Gasteiger partial charge in [-0.1, -0.05) is 30.3 Å². The van der Waals surface area contributed by atoms with Gasteiger partial charge in [0.1, 0.15) is 5.82 Å².